The van der Waals surface area contributed by atoms with E-state index in [1.54, 1.807) is 0 Å². The monoisotopic (exact) mass is 480 g/mol. The van der Waals surface area contributed by atoms with Gasteiger partial charge in [-0.05, 0) is 35.9 Å². The Labute approximate surface area is 195 Å². The summed E-state index contributed by atoms with van der Waals surface area (Å²) in [5.74, 6) is 0.447. The summed E-state index contributed by atoms with van der Waals surface area (Å²) in [6.45, 7) is 2.91. The number of carbonyl (C=O) groups is 1. The van der Waals surface area contributed by atoms with Crippen LogP contribution in [0.1, 0.15) is 30.9 Å². The number of benzene rings is 2. The number of β-amino-alcohol motifs (C(OH)–C–C–N with tert-alkyl or cyclic N) is 1. The molecule has 2 aromatic rings. The third-order valence-corrected chi connectivity index (χ3v) is 6.17. The average Bonchev–Trinajstić information content (AvgIpc) is 3.12. The average molecular weight is 480 g/mol. The van der Waals surface area contributed by atoms with Gasteiger partial charge in [0.05, 0.1) is 11.3 Å². The molecule has 1 fully saturated rings. The number of alkyl halides is 3. The maximum atomic E-state index is 13.0. The third-order valence-electron chi connectivity index (χ3n) is 6.17. The number of aliphatic hydroxyl groups excluding tert-OH is 1. The summed E-state index contributed by atoms with van der Waals surface area (Å²) >= 11 is 0. The number of amides is 1. The maximum absolute atomic E-state index is 13.0. The number of rotatable bonds is 6. The van der Waals surface area contributed by atoms with E-state index < -0.39 is 23.4 Å². The van der Waals surface area contributed by atoms with Crippen molar-refractivity contribution in [2.45, 2.75) is 44.1 Å². The Balaban J connectivity index is 1.28. The Morgan fingerprint density at radius 2 is 1.97 bits per heavy atom. The number of carbonyl (C=O) groups excluding carboxylic acids is 1. The minimum atomic E-state index is -4.38. The van der Waals surface area contributed by atoms with Crippen molar-refractivity contribution >= 4 is 11.6 Å². The van der Waals surface area contributed by atoms with Gasteiger partial charge >= 0.3 is 6.18 Å². The Hall–Kier alpha value is -2.98. The summed E-state index contributed by atoms with van der Waals surface area (Å²) in [5, 5.41) is 22.8. The standard InChI is InChI=1S/C24H27F3N2O5/c1-15(30)28-20-4-3-18(31)11-22(20)33-14-19(32)13-29-8-6-23(7-9-29)12-16-10-17(24(25,26)27)2-5-21(16)34-23/h2-5,10-11,19,31-32H,6-9,12-14H2,1H3,(H,28,30)/t19-/m0/s1. The van der Waals surface area contributed by atoms with Crippen molar-refractivity contribution in [3.8, 4) is 17.2 Å². The van der Waals surface area contributed by atoms with Crippen LogP contribution >= 0.6 is 0 Å². The molecule has 7 nitrogen and oxygen atoms in total. The molecule has 2 aromatic carbocycles. The van der Waals surface area contributed by atoms with E-state index in [-0.39, 0.29) is 24.0 Å². The number of aromatic hydroxyl groups is 1. The molecule has 0 bridgehead atoms. The molecule has 0 aromatic heterocycles. The Kier molecular flexibility index (Phi) is 6.64. The number of ether oxygens (including phenoxy) is 2. The highest BCUT2D eigenvalue weighted by Crippen LogP contribution is 2.43. The van der Waals surface area contributed by atoms with Crippen LogP contribution in [0.25, 0.3) is 0 Å². The summed E-state index contributed by atoms with van der Waals surface area (Å²) in [4.78, 5) is 13.4. The zero-order valence-corrected chi connectivity index (χ0v) is 18.7. The second kappa shape index (κ2) is 9.34. The summed E-state index contributed by atoms with van der Waals surface area (Å²) in [7, 11) is 0. The van der Waals surface area contributed by atoms with Crippen molar-refractivity contribution in [2.75, 3.05) is 31.6 Å². The largest absolute Gasteiger partial charge is 0.508 e. The number of phenols is 1. The fourth-order valence-corrected chi connectivity index (χ4v) is 4.49. The summed E-state index contributed by atoms with van der Waals surface area (Å²) in [5.41, 5.74) is -0.206. The van der Waals surface area contributed by atoms with Crippen molar-refractivity contribution in [1.82, 2.24) is 4.90 Å². The highest BCUT2D eigenvalue weighted by molar-refractivity contribution is 5.90. The molecule has 0 radical (unpaired) electrons. The highest BCUT2D eigenvalue weighted by atomic mass is 19.4. The number of hydrogen-bond acceptors (Lipinski definition) is 6. The Bertz CT molecular complexity index is 1050. The first-order valence-electron chi connectivity index (χ1n) is 11.1. The molecule has 2 heterocycles. The van der Waals surface area contributed by atoms with Gasteiger partial charge in [0.2, 0.25) is 5.91 Å². The molecule has 184 valence electrons. The lowest BCUT2D eigenvalue weighted by molar-refractivity contribution is -0.137. The molecule has 4 rings (SSSR count). The molecule has 0 unspecified atom stereocenters. The maximum Gasteiger partial charge on any atom is 0.416 e. The van der Waals surface area contributed by atoms with Crippen molar-refractivity contribution < 1.29 is 37.7 Å². The molecular weight excluding hydrogens is 453 g/mol. The normalized spacial score (nSPS) is 18.3. The molecule has 3 N–H and O–H groups in total. The van der Waals surface area contributed by atoms with Crippen LogP contribution < -0.4 is 14.8 Å². The fourth-order valence-electron chi connectivity index (χ4n) is 4.49. The highest BCUT2D eigenvalue weighted by Gasteiger charge is 2.43. The molecule has 10 heteroatoms. The van der Waals surface area contributed by atoms with E-state index in [9.17, 15) is 28.2 Å². The lowest BCUT2D eigenvalue weighted by Gasteiger charge is -2.39. The number of halogens is 3. The van der Waals surface area contributed by atoms with E-state index in [0.717, 1.165) is 6.07 Å². The van der Waals surface area contributed by atoms with Gasteiger partial charge in [0.25, 0.3) is 0 Å². The molecular formula is C24H27F3N2O5. The predicted octanol–water partition coefficient (Wildman–Crippen LogP) is 3.58. The first kappa shape index (κ1) is 24.2. The second-order valence-corrected chi connectivity index (χ2v) is 8.91. The summed E-state index contributed by atoms with van der Waals surface area (Å²) in [6, 6.07) is 7.92. The zero-order chi connectivity index (χ0) is 24.5. The van der Waals surface area contributed by atoms with E-state index >= 15 is 0 Å². The molecule has 2 aliphatic rings. The van der Waals surface area contributed by atoms with Gasteiger partial charge < -0.3 is 29.9 Å². The number of phenolic OH excluding ortho intramolecular Hbond substituents is 1. The fraction of sp³-hybridized carbons (Fsp3) is 0.458. The van der Waals surface area contributed by atoms with E-state index in [4.69, 9.17) is 9.47 Å². The molecule has 1 amide bonds. The number of piperidine rings is 1. The smallest absolute Gasteiger partial charge is 0.416 e. The number of aliphatic hydroxyl groups is 1. The van der Waals surface area contributed by atoms with Crippen molar-refractivity contribution in [2.24, 2.45) is 0 Å². The molecule has 34 heavy (non-hydrogen) atoms. The van der Waals surface area contributed by atoms with Crippen molar-refractivity contribution in [3.63, 3.8) is 0 Å². The lowest BCUT2D eigenvalue weighted by Crippen LogP contribution is -2.49. The zero-order valence-electron chi connectivity index (χ0n) is 18.7. The predicted molar refractivity (Wildman–Crippen MR) is 118 cm³/mol. The van der Waals surface area contributed by atoms with Crippen molar-refractivity contribution in [1.29, 1.82) is 0 Å². The van der Waals surface area contributed by atoms with Crippen molar-refractivity contribution in [3.05, 3.63) is 47.5 Å². The van der Waals surface area contributed by atoms with E-state index in [2.05, 4.69) is 10.2 Å². The van der Waals surface area contributed by atoms with Crippen LogP contribution in [0.5, 0.6) is 17.2 Å². The first-order chi connectivity index (χ1) is 16.0. The van der Waals surface area contributed by atoms with Crippen LogP contribution in [-0.4, -0.2) is 59.0 Å². The minimum Gasteiger partial charge on any atom is -0.508 e. The van der Waals surface area contributed by atoms with E-state index in [1.807, 2.05) is 0 Å². The number of likely N-dealkylation sites (tertiary alicyclic amines) is 1. The molecule has 0 aliphatic carbocycles. The van der Waals surface area contributed by atoms with Crippen LogP contribution in [0.4, 0.5) is 18.9 Å². The number of fused-ring (bicyclic) bond motifs is 1. The number of nitrogens with one attached hydrogen (secondary N) is 1. The Morgan fingerprint density at radius 1 is 1.24 bits per heavy atom. The summed E-state index contributed by atoms with van der Waals surface area (Å²) in [6.07, 6.45) is -3.49. The van der Waals surface area contributed by atoms with Gasteiger partial charge in [0.1, 0.15) is 35.6 Å². The molecule has 1 atom stereocenters. The van der Waals surface area contributed by atoms with Crippen LogP contribution in [0.2, 0.25) is 0 Å². The quantitative estimate of drug-likeness (QED) is 0.548. The first-order valence-corrected chi connectivity index (χ1v) is 11.1. The van der Waals surface area contributed by atoms with E-state index in [1.165, 1.54) is 37.3 Å². The lowest BCUT2D eigenvalue weighted by atomic mass is 9.86. The van der Waals surface area contributed by atoms with Gasteiger partial charge in [-0.2, -0.15) is 13.2 Å². The third kappa shape index (κ3) is 5.56. The van der Waals surface area contributed by atoms with Gasteiger partial charge in [-0.25, -0.2) is 0 Å². The topological polar surface area (TPSA) is 91.3 Å². The van der Waals surface area contributed by atoms with Gasteiger partial charge in [0.15, 0.2) is 0 Å². The van der Waals surface area contributed by atoms with Crippen LogP contribution in [0.15, 0.2) is 36.4 Å². The SMILES string of the molecule is CC(=O)Nc1ccc(O)cc1OC[C@@H](O)CN1CCC2(CC1)Cc1cc(C(F)(F)F)ccc1O2. The Morgan fingerprint density at radius 3 is 2.65 bits per heavy atom. The second-order valence-electron chi connectivity index (χ2n) is 8.91. The van der Waals surface area contributed by atoms with Gasteiger partial charge in [0, 0.05) is 51.9 Å². The van der Waals surface area contributed by atoms with Gasteiger partial charge in [-0.15, -0.1) is 0 Å². The molecule has 1 spiro atoms. The molecule has 1 saturated heterocycles. The molecule has 0 saturated carbocycles. The van der Waals surface area contributed by atoms with Crippen LogP contribution in [0, 0.1) is 0 Å². The number of hydrogen-bond donors (Lipinski definition) is 3. The molecule has 2 aliphatic heterocycles. The summed E-state index contributed by atoms with van der Waals surface area (Å²) < 4.78 is 50.8. The minimum absolute atomic E-state index is 0.0279. The van der Waals surface area contributed by atoms with E-state index in [0.29, 0.717) is 55.9 Å². The van der Waals surface area contributed by atoms with Gasteiger partial charge in [-0.3, -0.25) is 4.79 Å². The number of anilines is 1. The van der Waals surface area contributed by atoms with Gasteiger partial charge in [-0.1, -0.05) is 0 Å². The van der Waals surface area contributed by atoms with Crippen LogP contribution in [-0.2, 0) is 17.4 Å². The number of nitrogens with zero attached hydrogens (tertiary/aromatic N) is 1. The van der Waals surface area contributed by atoms with Crippen LogP contribution in [0.3, 0.4) is 0 Å².